The third-order valence-corrected chi connectivity index (χ3v) is 3.43. The molecule has 0 aliphatic rings. The van der Waals surface area contributed by atoms with Crippen LogP contribution in [0.5, 0.6) is 0 Å². The Kier molecular flexibility index (Phi) is 6.07. The summed E-state index contributed by atoms with van der Waals surface area (Å²) in [6, 6.07) is 3.51. The summed E-state index contributed by atoms with van der Waals surface area (Å²) in [6.07, 6.45) is 0.373. The number of carbonyl (C=O) groups is 1. The third kappa shape index (κ3) is 4.27. The zero-order chi connectivity index (χ0) is 15.3. The number of rotatable bonds is 6. The Labute approximate surface area is 119 Å². The summed E-state index contributed by atoms with van der Waals surface area (Å²) in [5, 5.41) is 3.17. The van der Waals surface area contributed by atoms with Gasteiger partial charge in [-0.05, 0) is 38.1 Å². The molecule has 0 heterocycles. The summed E-state index contributed by atoms with van der Waals surface area (Å²) >= 11 is 0. The molecule has 1 aromatic carbocycles. The maximum absolute atomic E-state index is 13.2. The topological polar surface area (TPSA) is 32.3 Å². The third-order valence-electron chi connectivity index (χ3n) is 3.43. The van der Waals surface area contributed by atoms with Crippen molar-refractivity contribution in [2.45, 2.75) is 39.3 Å². The van der Waals surface area contributed by atoms with Crippen molar-refractivity contribution in [1.82, 2.24) is 10.2 Å². The standard InChI is InChI=1S/C15H22F2N2O/c1-5-18-10(2)8-15(20)19(4)11(3)12-6-7-13(16)14(17)9-12/h6-7,9-11,18H,5,8H2,1-4H3. The molecule has 112 valence electrons. The van der Waals surface area contributed by atoms with E-state index in [-0.39, 0.29) is 18.0 Å². The van der Waals surface area contributed by atoms with E-state index in [1.807, 2.05) is 13.8 Å². The minimum atomic E-state index is -0.892. The Balaban J connectivity index is 2.72. The lowest BCUT2D eigenvalue weighted by Crippen LogP contribution is -2.36. The SMILES string of the molecule is CCNC(C)CC(=O)N(C)C(C)c1ccc(F)c(F)c1. The lowest BCUT2D eigenvalue weighted by atomic mass is 10.1. The Morgan fingerprint density at radius 2 is 1.95 bits per heavy atom. The first-order valence-electron chi connectivity index (χ1n) is 6.80. The highest BCUT2D eigenvalue weighted by Gasteiger charge is 2.20. The van der Waals surface area contributed by atoms with Crippen molar-refractivity contribution >= 4 is 5.91 Å². The van der Waals surface area contributed by atoms with Crippen LogP contribution in [-0.4, -0.2) is 30.4 Å². The fraction of sp³-hybridized carbons (Fsp3) is 0.533. The Morgan fingerprint density at radius 1 is 1.30 bits per heavy atom. The van der Waals surface area contributed by atoms with Crippen LogP contribution in [0.2, 0.25) is 0 Å². The molecule has 2 atom stereocenters. The van der Waals surface area contributed by atoms with Gasteiger partial charge in [0.05, 0.1) is 6.04 Å². The van der Waals surface area contributed by atoms with Crippen LogP contribution in [0.25, 0.3) is 0 Å². The van der Waals surface area contributed by atoms with Gasteiger partial charge in [-0.15, -0.1) is 0 Å². The maximum Gasteiger partial charge on any atom is 0.224 e. The molecule has 20 heavy (non-hydrogen) atoms. The van der Waals surface area contributed by atoms with E-state index in [9.17, 15) is 13.6 Å². The predicted octanol–water partition coefficient (Wildman–Crippen LogP) is 2.87. The highest BCUT2D eigenvalue weighted by molar-refractivity contribution is 5.77. The molecule has 0 radical (unpaired) electrons. The van der Waals surface area contributed by atoms with Gasteiger partial charge in [0.25, 0.3) is 0 Å². The molecular formula is C15H22F2N2O. The molecule has 0 spiro atoms. The Bertz CT molecular complexity index is 465. The van der Waals surface area contributed by atoms with E-state index < -0.39 is 11.6 Å². The summed E-state index contributed by atoms with van der Waals surface area (Å²) in [5.74, 6) is -1.80. The van der Waals surface area contributed by atoms with Gasteiger partial charge < -0.3 is 10.2 Å². The summed E-state index contributed by atoms with van der Waals surface area (Å²) in [6.45, 7) is 6.52. The first kappa shape index (κ1) is 16.6. The van der Waals surface area contributed by atoms with Crippen molar-refractivity contribution in [1.29, 1.82) is 0 Å². The number of nitrogens with zero attached hydrogens (tertiary/aromatic N) is 1. The van der Waals surface area contributed by atoms with Gasteiger partial charge in [0.15, 0.2) is 11.6 Å². The van der Waals surface area contributed by atoms with Crippen molar-refractivity contribution < 1.29 is 13.6 Å². The number of carbonyl (C=O) groups excluding carboxylic acids is 1. The maximum atomic E-state index is 13.2. The molecule has 3 nitrogen and oxygen atoms in total. The molecule has 0 fully saturated rings. The van der Waals surface area contributed by atoms with Crippen molar-refractivity contribution in [3.8, 4) is 0 Å². The van der Waals surface area contributed by atoms with Gasteiger partial charge in [-0.2, -0.15) is 0 Å². The second-order valence-electron chi connectivity index (χ2n) is 5.02. The number of halogens is 2. The molecule has 2 unspecified atom stereocenters. The summed E-state index contributed by atoms with van der Waals surface area (Å²) in [5.41, 5.74) is 0.579. The summed E-state index contributed by atoms with van der Waals surface area (Å²) < 4.78 is 26.1. The van der Waals surface area contributed by atoms with Gasteiger partial charge in [-0.25, -0.2) is 8.78 Å². The first-order valence-corrected chi connectivity index (χ1v) is 6.80. The fourth-order valence-corrected chi connectivity index (χ4v) is 2.04. The van der Waals surface area contributed by atoms with Crippen LogP contribution < -0.4 is 5.32 Å². The number of hydrogen-bond donors (Lipinski definition) is 1. The molecule has 1 amide bonds. The molecule has 0 aliphatic heterocycles. The van der Waals surface area contributed by atoms with Gasteiger partial charge >= 0.3 is 0 Å². The number of nitrogens with one attached hydrogen (secondary N) is 1. The molecule has 0 aliphatic carbocycles. The zero-order valence-corrected chi connectivity index (χ0v) is 12.4. The van der Waals surface area contributed by atoms with Gasteiger partial charge in [0.1, 0.15) is 0 Å². The lowest BCUT2D eigenvalue weighted by molar-refractivity contribution is -0.132. The van der Waals surface area contributed by atoms with E-state index in [0.29, 0.717) is 12.0 Å². The van der Waals surface area contributed by atoms with Gasteiger partial charge in [0, 0.05) is 19.5 Å². The van der Waals surface area contributed by atoms with Gasteiger partial charge in [0.2, 0.25) is 5.91 Å². The molecule has 0 aromatic heterocycles. The fourth-order valence-electron chi connectivity index (χ4n) is 2.04. The van der Waals surface area contributed by atoms with Crippen LogP contribution in [0.4, 0.5) is 8.78 Å². The second kappa shape index (κ2) is 7.33. The normalized spacial score (nSPS) is 13.9. The first-order chi connectivity index (χ1) is 9.36. The van der Waals surface area contributed by atoms with Crippen LogP contribution in [0.3, 0.4) is 0 Å². The second-order valence-corrected chi connectivity index (χ2v) is 5.02. The highest BCUT2D eigenvalue weighted by Crippen LogP contribution is 2.21. The van der Waals surface area contributed by atoms with Crippen molar-refractivity contribution in [2.24, 2.45) is 0 Å². The Morgan fingerprint density at radius 3 is 2.50 bits per heavy atom. The minimum Gasteiger partial charge on any atom is -0.339 e. The Hall–Kier alpha value is -1.49. The molecule has 0 saturated heterocycles. The quantitative estimate of drug-likeness (QED) is 0.871. The molecule has 0 saturated carbocycles. The lowest BCUT2D eigenvalue weighted by Gasteiger charge is -2.27. The molecule has 5 heteroatoms. The van der Waals surface area contributed by atoms with E-state index in [1.165, 1.54) is 6.07 Å². The summed E-state index contributed by atoms with van der Waals surface area (Å²) in [7, 11) is 1.67. The van der Waals surface area contributed by atoms with Crippen molar-refractivity contribution in [3.63, 3.8) is 0 Å². The number of hydrogen-bond acceptors (Lipinski definition) is 2. The van der Waals surface area contributed by atoms with E-state index in [0.717, 1.165) is 18.7 Å². The van der Waals surface area contributed by atoms with Gasteiger partial charge in [-0.1, -0.05) is 13.0 Å². The monoisotopic (exact) mass is 284 g/mol. The van der Waals surface area contributed by atoms with Crippen LogP contribution in [0.15, 0.2) is 18.2 Å². The zero-order valence-electron chi connectivity index (χ0n) is 12.4. The summed E-state index contributed by atoms with van der Waals surface area (Å²) in [4.78, 5) is 13.7. The van der Waals surface area contributed by atoms with Crippen LogP contribution in [-0.2, 0) is 4.79 Å². The van der Waals surface area contributed by atoms with Crippen LogP contribution in [0.1, 0.15) is 38.8 Å². The molecule has 1 aromatic rings. The molecule has 0 bridgehead atoms. The van der Waals surface area contributed by atoms with E-state index in [1.54, 1.807) is 18.9 Å². The van der Waals surface area contributed by atoms with E-state index in [2.05, 4.69) is 5.32 Å². The van der Waals surface area contributed by atoms with Crippen molar-refractivity contribution in [2.75, 3.05) is 13.6 Å². The van der Waals surface area contributed by atoms with Crippen LogP contribution >= 0.6 is 0 Å². The minimum absolute atomic E-state index is 0.0318. The van der Waals surface area contributed by atoms with E-state index in [4.69, 9.17) is 0 Å². The molecular weight excluding hydrogens is 262 g/mol. The van der Waals surface area contributed by atoms with Gasteiger partial charge in [-0.3, -0.25) is 4.79 Å². The average Bonchev–Trinajstić information content (AvgIpc) is 2.40. The van der Waals surface area contributed by atoms with Crippen LogP contribution in [0, 0.1) is 11.6 Å². The largest absolute Gasteiger partial charge is 0.339 e. The predicted molar refractivity (Wildman–Crippen MR) is 75.3 cm³/mol. The molecule has 1 rings (SSSR count). The smallest absolute Gasteiger partial charge is 0.224 e. The number of benzene rings is 1. The molecule has 1 N–H and O–H groups in total. The average molecular weight is 284 g/mol. The number of amides is 1. The van der Waals surface area contributed by atoms with Crippen molar-refractivity contribution in [3.05, 3.63) is 35.4 Å². The highest BCUT2D eigenvalue weighted by atomic mass is 19.2. The van der Waals surface area contributed by atoms with E-state index >= 15 is 0 Å².